The van der Waals surface area contributed by atoms with Gasteiger partial charge in [0.2, 0.25) is 15.9 Å². The molecule has 0 bridgehead atoms. The summed E-state index contributed by atoms with van der Waals surface area (Å²) >= 11 is 7.37. The lowest BCUT2D eigenvalue weighted by Gasteiger charge is -2.37. The molecule has 2 aliphatic heterocycles. The van der Waals surface area contributed by atoms with Gasteiger partial charge in [-0.25, -0.2) is 8.42 Å². The Balaban J connectivity index is 1.33. The fourth-order valence-electron chi connectivity index (χ4n) is 4.28. The third-order valence-corrected chi connectivity index (χ3v) is 8.92. The maximum atomic E-state index is 13.1. The number of nitrogens with one attached hydrogen (secondary N) is 1. The number of hydrogen-bond donors (Lipinski definition) is 1. The first-order valence-corrected chi connectivity index (χ1v) is 13.5. The van der Waals surface area contributed by atoms with Gasteiger partial charge in [-0.3, -0.25) is 9.59 Å². The summed E-state index contributed by atoms with van der Waals surface area (Å²) in [5.74, 6) is -0.419. The number of amides is 2. The second-order valence-electron chi connectivity index (χ2n) is 8.24. The molecule has 2 saturated heterocycles. The monoisotopic (exact) mass is 495 g/mol. The van der Waals surface area contributed by atoms with Gasteiger partial charge in [0.1, 0.15) is 0 Å². The van der Waals surface area contributed by atoms with Gasteiger partial charge in [-0.1, -0.05) is 11.6 Å². The van der Waals surface area contributed by atoms with Crippen molar-refractivity contribution < 1.29 is 18.0 Å². The van der Waals surface area contributed by atoms with Crippen LogP contribution in [0.3, 0.4) is 0 Å². The third kappa shape index (κ3) is 5.17. The molecule has 0 spiro atoms. The highest BCUT2D eigenvalue weighted by Crippen LogP contribution is 2.27. The quantitative estimate of drug-likeness (QED) is 0.690. The zero-order valence-electron chi connectivity index (χ0n) is 17.6. The van der Waals surface area contributed by atoms with Crippen LogP contribution in [0.4, 0.5) is 0 Å². The maximum Gasteiger partial charge on any atom is 0.252 e. The average Bonchev–Trinajstić information content (AvgIpc) is 3.35. The van der Waals surface area contributed by atoms with Crippen LogP contribution in [0.25, 0.3) is 0 Å². The largest absolute Gasteiger partial charge is 0.349 e. The maximum absolute atomic E-state index is 13.1. The van der Waals surface area contributed by atoms with Crippen molar-refractivity contribution in [3.63, 3.8) is 0 Å². The number of carbonyl (C=O) groups excluding carboxylic acids is 2. The summed E-state index contributed by atoms with van der Waals surface area (Å²) in [6.07, 6.45) is 2.72. The number of sulfonamides is 1. The lowest BCUT2D eigenvalue weighted by molar-refractivity contribution is -0.137. The van der Waals surface area contributed by atoms with Gasteiger partial charge >= 0.3 is 0 Å². The Labute approximate surface area is 197 Å². The lowest BCUT2D eigenvalue weighted by atomic mass is 9.96. The van der Waals surface area contributed by atoms with Gasteiger partial charge in [-0.15, -0.1) is 0 Å². The molecule has 7 nitrogen and oxygen atoms in total. The van der Waals surface area contributed by atoms with Crippen LogP contribution in [0.15, 0.2) is 46.0 Å². The summed E-state index contributed by atoms with van der Waals surface area (Å²) in [7, 11) is -3.66. The van der Waals surface area contributed by atoms with Crippen LogP contribution in [-0.4, -0.2) is 61.7 Å². The molecule has 2 aromatic rings. The van der Waals surface area contributed by atoms with Crippen molar-refractivity contribution in [2.75, 3.05) is 26.2 Å². The number of carbonyl (C=O) groups is 2. The molecule has 2 fully saturated rings. The van der Waals surface area contributed by atoms with E-state index in [0.717, 1.165) is 0 Å². The molecular weight excluding hydrogens is 470 g/mol. The molecule has 1 aromatic heterocycles. The first-order valence-electron chi connectivity index (χ1n) is 10.7. The average molecular weight is 496 g/mol. The van der Waals surface area contributed by atoms with Crippen LogP contribution in [0, 0.1) is 5.92 Å². The number of thiophene rings is 1. The van der Waals surface area contributed by atoms with Crippen LogP contribution >= 0.6 is 22.9 Å². The number of piperidine rings is 2. The summed E-state index contributed by atoms with van der Waals surface area (Å²) in [5.41, 5.74) is 0.665. The van der Waals surface area contributed by atoms with E-state index < -0.39 is 10.0 Å². The Hall–Kier alpha value is -1.94. The van der Waals surface area contributed by atoms with E-state index >= 15 is 0 Å². The topological polar surface area (TPSA) is 86.8 Å². The van der Waals surface area contributed by atoms with Gasteiger partial charge < -0.3 is 10.2 Å². The van der Waals surface area contributed by atoms with E-state index in [-0.39, 0.29) is 35.2 Å². The van der Waals surface area contributed by atoms with Crippen molar-refractivity contribution in [2.45, 2.75) is 36.6 Å². The number of nitrogens with zero attached hydrogens (tertiary/aromatic N) is 2. The highest BCUT2D eigenvalue weighted by Gasteiger charge is 2.36. The molecular formula is C22H26ClN3O4S2. The van der Waals surface area contributed by atoms with Gasteiger partial charge in [-0.2, -0.15) is 15.6 Å². The minimum Gasteiger partial charge on any atom is -0.349 e. The van der Waals surface area contributed by atoms with E-state index in [2.05, 4.69) is 5.32 Å². The van der Waals surface area contributed by atoms with Crippen LogP contribution in [0.5, 0.6) is 0 Å². The molecule has 0 radical (unpaired) electrons. The Morgan fingerprint density at radius 1 is 1.03 bits per heavy atom. The predicted molar refractivity (Wildman–Crippen MR) is 124 cm³/mol. The van der Waals surface area contributed by atoms with Crippen LogP contribution in [0.1, 0.15) is 36.0 Å². The molecule has 2 aliphatic rings. The van der Waals surface area contributed by atoms with Crippen LogP contribution in [0.2, 0.25) is 5.02 Å². The van der Waals surface area contributed by atoms with Gasteiger partial charge in [0.15, 0.2) is 0 Å². The molecule has 1 unspecified atom stereocenters. The van der Waals surface area contributed by atoms with E-state index in [1.807, 2.05) is 15.7 Å². The van der Waals surface area contributed by atoms with Crippen molar-refractivity contribution in [2.24, 2.45) is 5.92 Å². The minimum absolute atomic E-state index is 0.00335. The molecule has 3 heterocycles. The molecule has 172 valence electrons. The smallest absolute Gasteiger partial charge is 0.252 e. The number of halogens is 1. The van der Waals surface area contributed by atoms with Gasteiger partial charge in [0.25, 0.3) is 5.91 Å². The number of rotatable bonds is 5. The van der Waals surface area contributed by atoms with Crippen LogP contribution < -0.4 is 5.32 Å². The molecule has 32 heavy (non-hydrogen) atoms. The fourth-order valence-corrected chi connectivity index (χ4v) is 6.57. The molecule has 10 heteroatoms. The van der Waals surface area contributed by atoms with Crippen molar-refractivity contribution in [1.29, 1.82) is 0 Å². The lowest BCUT2D eigenvalue weighted by Crippen LogP contribution is -2.51. The van der Waals surface area contributed by atoms with E-state index in [0.29, 0.717) is 55.9 Å². The first kappa shape index (κ1) is 23.2. The van der Waals surface area contributed by atoms with Crippen molar-refractivity contribution in [3.8, 4) is 0 Å². The molecule has 1 aromatic carbocycles. The highest BCUT2D eigenvalue weighted by atomic mass is 35.5. The second kappa shape index (κ2) is 9.91. The summed E-state index contributed by atoms with van der Waals surface area (Å²) in [6, 6.07) is 7.95. The van der Waals surface area contributed by atoms with Crippen molar-refractivity contribution in [3.05, 3.63) is 51.7 Å². The standard InChI is InChI=1S/C22H26ClN3O4S2/c23-18-3-5-20(6-4-18)32(29,30)26-10-1-2-16(14-26)22(28)25-11-7-19(8-12-25)24-21(27)17-9-13-31-15-17/h3-6,9,13,15-16,19H,1-2,7-8,10-12,14H2,(H,24,27). The molecule has 0 saturated carbocycles. The number of hydrogen-bond acceptors (Lipinski definition) is 5. The molecule has 4 rings (SSSR count). The normalized spacial score (nSPS) is 20.8. The minimum atomic E-state index is -3.66. The Kier molecular flexibility index (Phi) is 7.19. The SMILES string of the molecule is O=C(NC1CCN(C(=O)C2CCCN(S(=O)(=O)c3ccc(Cl)cc3)C2)CC1)c1ccsc1. The van der Waals surface area contributed by atoms with E-state index in [9.17, 15) is 18.0 Å². The fraction of sp³-hybridized carbons (Fsp3) is 0.455. The third-order valence-electron chi connectivity index (χ3n) is 6.11. The van der Waals surface area contributed by atoms with Gasteiger partial charge in [0.05, 0.1) is 10.8 Å². The van der Waals surface area contributed by atoms with E-state index in [1.54, 1.807) is 18.2 Å². The Bertz CT molecular complexity index is 1050. The van der Waals surface area contributed by atoms with E-state index in [4.69, 9.17) is 11.6 Å². The van der Waals surface area contributed by atoms with Crippen LogP contribution in [-0.2, 0) is 14.8 Å². The molecule has 2 amide bonds. The Morgan fingerprint density at radius 2 is 1.75 bits per heavy atom. The van der Waals surface area contributed by atoms with Gasteiger partial charge in [-0.05, 0) is 61.4 Å². The molecule has 1 N–H and O–H groups in total. The number of likely N-dealkylation sites (tertiary alicyclic amines) is 1. The molecule has 1 atom stereocenters. The predicted octanol–water partition coefficient (Wildman–Crippen LogP) is 3.22. The van der Waals surface area contributed by atoms with E-state index in [1.165, 1.54) is 27.8 Å². The molecule has 0 aliphatic carbocycles. The van der Waals surface area contributed by atoms with Crippen molar-refractivity contribution in [1.82, 2.24) is 14.5 Å². The summed E-state index contributed by atoms with van der Waals surface area (Å²) in [5, 5.41) is 7.21. The number of benzene rings is 1. The summed E-state index contributed by atoms with van der Waals surface area (Å²) in [6.45, 7) is 1.73. The van der Waals surface area contributed by atoms with Gasteiger partial charge in [0, 0.05) is 48.2 Å². The second-order valence-corrected chi connectivity index (χ2v) is 11.4. The zero-order valence-corrected chi connectivity index (χ0v) is 20.0. The first-order chi connectivity index (χ1) is 15.3. The summed E-state index contributed by atoms with van der Waals surface area (Å²) in [4.78, 5) is 27.4. The van der Waals surface area contributed by atoms with Crippen molar-refractivity contribution >= 4 is 44.8 Å². The Morgan fingerprint density at radius 3 is 2.41 bits per heavy atom. The zero-order chi connectivity index (χ0) is 22.7. The highest BCUT2D eigenvalue weighted by molar-refractivity contribution is 7.89. The summed E-state index contributed by atoms with van der Waals surface area (Å²) < 4.78 is 27.4.